The molecule has 0 N–H and O–H groups in total. The Bertz CT molecular complexity index is 210. The summed E-state index contributed by atoms with van der Waals surface area (Å²) in [5.41, 5.74) is 0.196. The van der Waals surface area contributed by atoms with Crippen molar-refractivity contribution in [2.45, 2.75) is 47.1 Å². The lowest BCUT2D eigenvalue weighted by Gasteiger charge is -2.29. The van der Waals surface area contributed by atoms with Gasteiger partial charge in [-0.05, 0) is 25.2 Å². The van der Waals surface area contributed by atoms with Crippen LogP contribution in [0.2, 0.25) is 0 Å². The van der Waals surface area contributed by atoms with Gasteiger partial charge in [0, 0.05) is 19.0 Å². The minimum atomic E-state index is 0.196. The molecule has 0 aromatic heterocycles. The molecule has 1 fully saturated rings. The van der Waals surface area contributed by atoms with Crippen molar-refractivity contribution in [2.75, 3.05) is 6.54 Å². The summed E-state index contributed by atoms with van der Waals surface area (Å²) in [7, 11) is 0. The average molecular weight is 183 g/mol. The highest BCUT2D eigenvalue weighted by molar-refractivity contribution is 5.79. The second-order valence-electron chi connectivity index (χ2n) is 5.10. The van der Waals surface area contributed by atoms with E-state index in [1.165, 1.54) is 0 Å². The molecule has 2 nitrogen and oxygen atoms in total. The van der Waals surface area contributed by atoms with Crippen LogP contribution in [0.15, 0.2) is 0 Å². The molecule has 1 unspecified atom stereocenters. The maximum absolute atomic E-state index is 11.7. The van der Waals surface area contributed by atoms with Crippen LogP contribution in [0.3, 0.4) is 0 Å². The molecule has 0 bridgehead atoms. The van der Waals surface area contributed by atoms with Gasteiger partial charge < -0.3 is 4.90 Å². The fourth-order valence-corrected chi connectivity index (χ4v) is 1.84. The summed E-state index contributed by atoms with van der Waals surface area (Å²) in [6.07, 6.45) is 0.725. The predicted molar refractivity (Wildman–Crippen MR) is 54.4 cm³/mol. The van der Waals surface area contributed by atoms with Crippen molar-refractivity contribution < 1.29 is 4.79 Å². The Labute approximate surface area is 81.3 Å². The van der Waals surface area contributed by atoms with Crippen LogP contribution < -0.4 is 0 Å². The van der Waals surface area contributed by atoms with Crippen LogP contribution in [0, 0.1) is 11.3 Å². The van der Waals surface area contributed by atoms with Gasteiger partial charge in [-0.15, -0.1) is 0 Å². The number of nitrogens with zero attached hydrogens (tertiary/aromatic N) is 1. The molecule has 0 aliphatic carbocycles. The SMILES string of the molecule is CC(C)N1CC(C)(C(C)C)CC1=O. The van der Waals surface area contributed by atoms with Crippen molar-refractivity contribution in [1.82, 2.24) is 4.90 Å². The first-order chi connectivity index (χ1) is 5.87. The van der Waals surface area contributed by atoms with Crippen molar-refractivity contribution in [2.24, 2.45) is 11.3 Å². The fourth-order valence-electron chi connectivity index (χ4n) is 1.84. The predicted octanol–water partition coefficient (Wildman–Crippen LogP) is 2.29. The van der Waals surface area contributed by atoms with E-state index in [1.807, 2.05) is 4.90 Å². The van der Waals surface area contributed by atoms with E-state index in [-0.39, 0.29) is 5.41 Å². The van der Waals surface area contributed by atoms with Gasteiger partial charge in [0.1, 0.15) is 0 Å². The molecule has 2 heteroatoms. The first-order valence-electron chi connectivity index (χ1n) is 5.16. The van der Waals surface area contributed by atoms with Gasteiger partial charge in [-0.25, -0.2) is 0 Å². The highest BCUT2D eigenvalue weighted by Gasteiger charge is 2.42. The lowest BCUT2D eigenvalue weighted by Crippen LogP contribution is -2.34. The maximum Gasteiger partial charge on any atom is 0.223 e. The van der Waals surface area contributed by atoms with E-state index < -0.39 is 0 Å². The third-order valence-corrected chi connectivity index (χ3v) is 3.42. The second kappa shape index (κ2) is 3.32. The minimum absolute atomic E-state index is 0.196. The van der Waals surface area contributed by atoms with Crippen molar-refractivity contribution in [1.29, 1.82) is 0 Å². The molecule has 76 valence electrons. The van der Waals surface area contributed by atoms with Crippen LogP contribution in [-0.4, -0.2) is 23.4 Å². The number of carbonyl (C=O) groups excluding carboxylic acids is 1. The molecule has 1 rings (SSSR count). The Kier molecular flexibility index (Phi) is 2.69. The molecule has 0 spiro atoms. The normalized spacial score (nSPS) is 29.5. The monoisotopic (exact) mass is 183 g/mol. The van der Waals surface area contributed by atoms with E-state index in [4.69, 9.17) is 0 Å². The van der Waals surface area contributed by atoms with Crippen molar-refractivity contribution in [3.63, 3.8) is 0 Å². The van der Waals surface area contributed by atoms with Gasteiger partial charge >= 0.3 is 0 Å². The fraction of sp³-hybridized carbons (Fsp3) is 0.909. The third-order valence-electron chi connectivity index (χ3n) is 3.42. The van der Waals surface area contributed by atoms with Gasteiger partial charge in [-0.3, -0.25) is 4.79 Å². The van der Waals surface area contributed by atoms with Gasteiger partial charge in [0.2, 0.25) is 5.91 Å². The first-order valence-corrected chi connectivity index (χ1v) is 5.16. The van der Waals surface area contributed by atoms with Crippen LogP contribution in [0.4, 0.5) is 0 Å². The quantitative estimate of drug-likeness (QED) is 0.643. The van der Waals surface area contributed by atoms with Crippen molar-refractivity contribution in [3.8, 4) is 0 Å². The van der Waals surface area contributed by atoms with E-state index in [0.717, 1.165) is 13.0 Å². The zero-order valence-electron chi connectivity index (χ0n) is 9.42. The molecular weight excluding hydrogens is 162 g/mol. The molecule has 0 saturated carbocycles. The Hall–Kier alpha value is -0.530. The standard InChI is InChI=1S/C11H21NO/c1-8(2)11(5)6-10(13)12(7-11)9(3)4/h8-9H,6-7H2,1-5H3. The molecule has 0 aromatic carbocycles. The van der Waals surface area contributed by atoms with Crippen LogP contribution in [0.25, 0.3) is 0 Å². The Morgan fingerprint density at radius 3 is 2.08 bits per heavy atom. The molecule has 1 heterocycles. The van der Waals surface area contributed by atoms with E-state index in [1.54, 1.807) is 0 Å². The van der Waals surface area contributed by atoms with Crippen LogP contribution >= 0.6 is 0 Å². The topological polar surface area (TPSA) is 20.3 Å². The van der Waals surface area contributed by atoms with Crippen molar-refractivity contribution in [3.05, 3.63) is 0 Å². The highest BCUT2D eigenvalue weighted by Crippen LogP contribution is 2.38. The Morgan fingerprint density at radius 2 is 1.85 bits per heavy atom. The van der Waals surface area contributed by atoms with Gasteiger partial charge in [-0.2, -0.15) is 0 Å². The smallest absolute Gasteiger partial charge is 0.223 e. The summed E-state index contributed by atoms with van der Waals surface area (Å²) >= 11 is 0. The van der Waals surface area contributed by atoms with Crippen LogP contribution in [0.5, 0.6) is 0 Å². The Balaban J connectivity index is 2.75. The number of amides is 1. The number of carbonyl (C=O) groups is 1. The highest BCUT2D eigenvalue weighted by atomic mass is 16.2. The van der Waals surface area contributed by atoms with E-state index in [9.17, 15) is 4.79 Å². The number of hydrogen-bond acceptors (Lipinski definition) is 1. The minimum Gasteiger partial charge on any atom is -0.340 e. The zero-order valence-corrected chi connectivity index (χ0v) is 9.42. The second-order valence-corrected chi connectivity index (χ2v) is 5.10. The van der Waals surface area contributed by atoms with Crippen LogP contribution in [0.1, 0.15) is 41.0 Å². The molecule has 1 atom stereocenters. The molecule has 1 amide bonds. The number of likely N-dealkylation sites (tertiary alicyclic amines) is 1. The maximum atomic E-state index is 11.7. The summed E-state index contributed by atoms with van der Waals surface area (Å²) in [5.74, 6) is 0.909. The average Bonchev–Trinajstić information content (AvgIpc) is 2.28. The molecule has 0 aromatic rings. The third kappa shape index (κ3) is 1.87. The van der Waals surface area contributed by atoms with E-state index >= 15 is 0 Å². The number of hydrogen-bond donors (Lipinski definition) is 0. The molecular formula is C11H21NO. The molecule has 13 heavy (non-hydrogen) atoms. The summed E-state index contributed by atoms with van der Waals surface area (Å²) in [4.78, 5) is 13.7. The van der Waals surface area contributed by atoms with Crippen LogP contribution in [-0.2, 0) is 4.79 Å². The summed E-state index contributed by atoms with van der Waals surface area (Å²) < 4.78 is 0. The molecule has 1 aliphatic rings. The van der Waals surface area contributed by atoms with Gasteiger partial charge in [-0.1, -0.05) is 20.8 Å². The van der Waals surface area contributed by atoms with Gasteiger partial charge in [0.05, 0.1) is 0 Å². The Morgan fingerprint density at radius 1 is 1.31 bits per heavy atom. The summed E-state index contributed by atoms with van der Waals surface area (Å²) in [5, 5.41) is 0. The zero-order chi connectivity index (χ0) is 10.2. The summed E-state index contributed by atoms with van der Waals surface area (Å²) in [6, 6.07) is 0.355. The van der Waals surface area contributed by atoms with Gasteiger partial charge in [0.25, 0.3) is 0 Å². The van der Waals surface area contributed by atoms with Gasteiger partial charge in [0.15, 0.2) is 0 Å². The lowest BCUT2D eigenvalue weighted by molar-refractivity contribution is -0.129. The lowest BCUT2D eigenvalue weighted by atomic mass is 9.78. The van der Waals surface area contributed by atoms with Crippen molar-refractivity contribution >= 4 is 5.91 Å². The molecule has 1 saturated heterocycles. The molecule has 0 radical (unpaired) electrons. The number of rotatable bonds is 2. The first kappa shape index (κ1) is 10.6. The van der Waals surface area contributed by atoms with E-state index in [0.29, 0.717) is 17.9 Å². The van der Waals surface area contributed by atoms with E-state index in [2.05, 4.69) is 34.6 Å². The molecule has 1 aliphatic heterocycles. The largest absolute Gasteiger partial charge is 0.340 e. The summed E-state index contributed by atoms with van der Waals surface area (Å²) in [6.45, 7) is 11.7.